The van der Waals surface area contributed by atoms with E-state index >= 15 is 0 Å². The van der Waals surface area contributed by atoms with E-state index in [1.165, 1.54) is 6.20 Å². The number of ether oxygens (including phenoxy) is 1. The molecule has 1 atom stereocenters. The Morgan fingerprint density at radius 3 is 2.90 bits per heavy atom. The molecular formula is C17H21FN2O. The molecule has 3 nitrogen and oxygen atoms in total. The number of halogens is 1. The van der Waals surface area contributed by atoms with Crippen molar-refractivity contribution in [3.8, 4) is 5.75 Å². The number of pyridine rings is 1. The molecule has 0 amide bonds. The third-order valence-corrected chi connectivity index (χ3v) is 3.39. The highest BCUT2D eigenvalue weighted by molar-refractivity contribution is 5.30. The zero-order valence-corrected chi connectivity index (χ0v) is 12.5. The molecule has 2 aromatic rings. The smallest absolute Gasteiger partial charge is 0.146 e. The van der Waals surface area contributed by atoms with Gasteiger partial charge in [-0.05, 0) is 43.1 Å². The minimum absolute atomic E-state index is 0.0694. The quantitative estimate of drug-likeness (QED) is 0.846. The predicted molar refractivity (Wildman–Crippen MR) is 81.9 cm³/mol. The van der Waals surface area contributed by atoms with Crippen molar-refractivity contribution in [1.82, 2.24) is 10.3 Å². The molecule has 1 aromatic carbocycles. The van der Waals surface area contributed by atoms with Gasteiger partial charge >= 0.3 is 0 Å². The Bertz CT molecular complexity index is 574. The van der Waals surface area contributed by atoms with Gasteiger partial charge in [0.1, 0.15) is 11.6 Å². The van der Waals surface area contributed by atoms with Crippen LogP contribution >= 0.6 is 0 Å². The molecule has 1 unspecified atom stereocenters. The number of benzene rings is 1. The molecule has 0 spiro atoms. The number of nitrogens with zero attached hydrogens (tertiary/aromatic N) is 1. The molecule has 21 heavy (non-hydrogen) atoms. The lowest BCUT2D eigenvalue weighted by Gasteiger charge is -2.20. The summed E-state index contributed by atoms with van der Waals surface area (Å²) in [6, 6.07) is 9.55. The van der Waals surface area contributed by atoms with Crippen molar-refractivity contribution in [3.63, 3.8) is 0 Å². The highest BCUT2D eigenvalue weighted by Gasteiger charge is 2.16. The van der Waals surface area contributed by atoms with Gasteiger partial charge in [-0.25, -0.2) is 4.39 Å². The summed E-state index contributed by atoms with van der Waals surface area (Å²) in [4.78, 5) is 3.82. The van der Waals surface area contributed by atoms with Crippen LogP contribution in [0.15, 0.2) is 42.7 Å². The van der Waals surface area contributed by atoms with Crippen LogP contribution in [0, 0.1) is 5.82 Å². The van der Waals surface area contributed by atoms with E-state index in [9.17, 15) is 4.39 Å². The van der Waals surface area contributed by atoms with Crippen LogP contribution in [0.25, 0.3) is 0 Å². The molecule has 0 saturated heterocycles. The SMILES string of the molecule is CCCNC(Cc1cccc(OC)c1)c1ccncc1F. The van der Waals surface area contributed by atoms with Gasteiger partial charge in [-0.2, -0.15) is 0 Å². The average molecular weight is 288 g/mol. The molecule has 2 rings (SSSR count). The molecule has 1 aromatic heterocycles. The van der Waals surface area contributed by atoms with E-state index in [2.05, 4.69) is 17.2 Å². The first-order valence-corrected chi connectivity index (χ1v) is 7.20. The summed E-state index contributed by atoms with van der Waals surface area (Å²) in [5.74, 6) is 0.547. The van der Waals surface area contributed by atoms with E-state index in [1.54, 1.807) is 19.4 Å². The van der Waals surface area contributed by atoms with Crippen molar-refractivity contribution >= 4 is 0 Å². The average Bonchev–Trinajstić information content (AvgIpc) is 2.52. The Hall–Kier alpha value is -1.94. The first kappa shape index (κ1) is 15.4. The molecule has 0 saturated carbocycles. The van der Waals surface area contributed by atoms with Crippen LogP contribution in [0.3, 0.4) is 0 Å². The number of nitrogens with one attached hydrogen (secondary N) is 1. The zero-order valence-electron chi connectivity index (χ0n) is 12.5. The van der Waals surface area contributed by atoms with Gasteiger partial charge in [-0.3, -0.25) is 4.98 Å². The van der Waals surface area contributed by atoms with E-state index < -0.39 is 0 Å². The first-order chi connectivity index (χ1) is 10.2. The monoisotopic (exact) mass is 288 g/mol. The maximum absolute atomic E-state index is 14.0. The Balaban J connectivity index is 2.21. The van der Waals surface area contributed by atoms with Gasteiger partial charge in [-0.15, -0.1) is 0 Å². The molecule has 0 aliphatic heterocycles. The Morgan fingerprint density at radius 1 is 1.33 bits per heavy atom. The van der Waals surface area contributed by atoms with Crippen LogP contribution in [0.5, 0.6) is 5.75 Å². The Labute approximate surface area is 125 Å². The normalized spacial score (nSPS) is 12.1. The predicted octanol–water partition coefficient (Wildman–Crippen LogP) is 3.51. The van der Waals surface area contributed by atoms with Crippen molar-refractivity contribution < 1.29 is 9.13 Å². The van der Waals surface area contributed by atoms with Crippen LogP contribution < -0.4 is 10.1 Å². The van der Waals surface area contributed by atoms with E-state index in [-0.39, 0.29) is 11.9 Å². The van der Waals surface area contributed by atoms with Crippen LogP contribution in [0.1, 0.15) is 30.5 Å². The number of methoxy groups -OCH3 is 1. The maximum atomic E-state index is 14.0. The molecule has 0 radical (unpaired) electrons. The topological polar surface area (TPSA) is 34.1 Å². The van der Waals surface area contributed by atoms with Gasteiger partial charge in [0, 0.05) is 17.8 Å². The fraction of sp³-hybridized carbons (Fsp3) is 0.353. The highest BCUT2D eigenvalue weighted by Crippen LogP contribution is 2.22. The molecule has 112 valence electrons. The van der Waals surface area contributed by atoms with Crippen molar-refractivity contribution in [2.24, 2.45) is 0 Å². The fourth-order valence-electron chi connectivity index (χ4n) is 2.31. The number of hydrogen-bond donors (Lipinski definition) is 1. The lowest BCUT2D eigenvalue weighted by molar-refractivity contribution is 0.413. The van der Waals surface area contributed by atoms with Crippen LogP contribution in [-0.2, 0) is 6.42 Å². The third-order valence-electron chi connectivity index (χ3n) is 3.39. The fourth-order valence-corrected chi connectivity index (χ4v) is 2.31. The van der Waals surface area contributed by atoms with Crippen molar-refractivity contribution in [3.05, 3.63) is 59.7 Å². The third kappa shape index (κ3) is 4.26. The lowest BCUT2D eigenvalue weighted by Crippen LogP contribution is -2.25. The number of aromatic nitrogens is 1. The standard InChI is InChI=1S/C17H21FN2O/c1-3-8-20-17(15-7-9-19-12-16(15)18)11-13-5-4-6-14(10-13)21-2/h4-7,9-10,12,17,20H,3,8,11H2,1-2H3. The summed E-state index contributed by atoms with van der Waals surface area (Å²) < 4.78 is 19.2. The summed E-state index contributed by atoms with van der Waals surface area (Å²) in [5, 5.41) is 3.40. The second-order valence-corrected chi connectivity index (χ2v) is 4.96. The molecule has 1 N–H and O–H groups in total. The zero-order chi connectivity index (χ0) is 15.1. The van der Waals surface area contributed by atoms with Crippen molar-refractivity contribution in [1.29, 1.82) is 0 Å². The van der Waals surface area contributed by atoms with Crippen molar-refractivity contribution in [2.45, 2.75) is 25.8 Å². The minimum atomic E-state index is -0.269. The Kier molecular flexibility index (Phi) is 5.69. The summed E-state index contributed by atoms with van der Waals surface area (Å²) in [7, 11) is 1.65. The van der Waals surface area contributed by atoms with E-state index in [0.717, 1.165) is 24.3 Å². The molecule has 4 heteroatoms. The molecule has 1 heterocycles. The highest BCUT2D eigenvalue weighted by atomic mass is 19.1. The van der Waals surface area contributed by atoms with E-state index in [1.807, 2.05) is 24.3 Å². The van der Waals surface area contributed by atoms with Gasteiger partial charge in [-0.1, -0.05) is 19.1 Å². The van der Waals surface area contributed by atoms with Gasteiger partial charge in [0.25, 0.3) is 0 Å². The van der Waals surface area contributed by atoms with E-state index in [4.69, 9.17) is 4.74 Å². The van der Waals surface area contributed by atoms with Gasteiger partial charge < -0.3 is 10.1 Å². The van der Waals surface area contributed by atoms with Crippen LogP contribution in [0.2, 0.25) is 0 Å². The number of rotatable bonds is 7. The molecule has 0 aliphatic rings. The first-order valence-electron chi connectivity index (χ1n) is 7.20. The van der Waals surface area contributed by atoms with Gasteiger partial charge in [0.2, 0.25) is 0 Å². The second-order valence-electron chi connectivity index (χ2n) is 4.96. The molecular weight excluding hydrogens is 267 g/mol. The molecule has 0 aliphatic carbocycles. The summed E-state index contributed by atoms with van der Waals surface area (Å²) in [5.41, 5.74) is 1.76. The second kappa shape index (κ2) is 7.74. The summed E-state index contributed by atoms with van der Waals surface area (Å²) >= 11 is 0. The maximum Gasteiger partial charge on any atom is 0.146 e. The van der Waals surface area contributed by atoms with Crippen LogP contribution in [0.4, 0.5) is 4.39 Å². The van der Waals surface area contributed by atoms with Crippen LogP contribution in [-0.4, -0.2) is 18.6 Å². The van der Waals surface area contributed by atoms with Gasteiger partial charge in [0.15, 0.2) is 0 Å². The largest absolute Gasteiger partial charge is 0.497 e. The minimum Gasteiger partial charge on any atom is -0.497 e. The summed E-state index contributed by atoms with van der Waals surface area (Å²) in [6.45, 7) is 2.94. The Morgan fingerprint density at radius 2 is 2.19 bits per heavy atom. The van der Waals surface area contributed by atoms with Gasteiger partial charge in [0.05, 0.1) is 13.3 Å². The lowest BCUT2D eigenvalue weighted by atomic mass is 9.99. The molecule has 0 fully saturated rings. The van der Waals surface area contributed by atoms with Crippen molar-refractivity contribution in [2.75, 3.05) is 13.7 Å². The summed E-state index contributed by atoms with van der Waals surface area (Å²) in [6.07, 6.45) is 4.60. The molecule has 0 bridgehead atoms. The number of hydrogen-bond acceptors (Lipinski definition) is 3. The van der Waals surface area contributed by atoms with E-state index in [0.29, 0.717) is 12.0 Å².